The number of anilines is 3. The standard InChI is InChI=1S/C24H30FN7O2/c1-4-16(2)13-27-24(33)22-15-32(30-29-22)23-12-20(14-26-17(23)3)28-19-9-18(25)10-21(11-19)31-5-7-34-8-6-31/h9-12,14-16,28H,4-8,13H2,1-3H3,(H,27,33). The van der Waals surface area contributed by atoms with Gasteiger partial charge < -0.3 is 20.3 Å². The van der Waals surface area contributed by atoms with E-state index >= 15 is 0 Å². The average Bonchev–Trinajstić information content (AvgIpc) is 3.34. The van der Waals surface area contributed by atoms with Crippen molar-refractivity contribution >= 4 is 23.0 Å². The first-order valence-electron chi connectivity index (χ1n) is 11.5. The van der Waals surface area contributed by atoms with Crippen molar-refractivity contribution < 1.29 is 13.9 Å². The van der Waals surface area contributed by atoms with Crippen molar-refractivity contribution in [1.82, 2.24) is 25.3 Å². The Morgan fingerprint density at radius 3 is 2.76 bits per heavy atom. The molecular formula is C24H30FN7O2. The lowest BCUT2D eigenvalue weighted by Gasteiger charge is -2.29. The molecule has 34 heavy (non-hydrogen) atoms. The number of amides is 1. The van der Waals surface area contributed by atoms with Gasteiger partial charge in [-0.3, -0.25) is 9.78 Å². The van der Waals surface area contributed by atoms with E-state index in [-0.39, 0.29) is 17.4 Å². The molecule has 0 spiro atoms. The van der Waals surface area contributed by atoms with Crippen LogP contribution in [0.2, 0.25) is 0 Å². The van der Waals surface area contributed by atoms with Crippen LogP contribution < -0.4 is 15.5 Å². The van der Waals surface area contributed by atoms with Gasteiger partial charge in [0.2, 0.25) is 0 Å². The van der Waals surface area contributed by atoms with E-state index in [4.69, 9.17) is 4.74 Å². The molecule has 0 aliphatic carbocycles. The van der Waals surface area contributed by atoms with Crippen LogP contribution in [0.4, 0.5) is 21.5 Å². The molecule has 1 aliphatic heterocycles. The molecule has 1 saturated heterocycles. The van der Waals surface area contributed by atoms with Crippen molar-refractivity contribution in [2.75, 3.05) is 43.1 Å². The predicted molar refractivity (Wildman–Crippen MR) is 128 cm³/mol. The molecular weight excluding hydrogens is 437 g/mol. The number of hydrogen-bond acceptors (Lipinski definition) is 7. The lowest BCUT2D eigenvalue weighted by molar-refractivity contribution is 0.0942. The number of rotatable bonds is 8. The Kier molecular flexibility index (Phi) is 7.36. The van der Waals surface area contributed by atoms with Crippen LogP contribution in [-0.4, -0.2) is 58.7 Å². The fourth-order valence-corrected chi connectivity index (χ4v) is 3.63. The van der Waals surface area contributed by atoms with Crippen molar-refractivity contribution in [3.8, 4) is 5.69 Å². The second-order valence-electron chi connectivity index (χ2n) is 8.52. The molecule has 3 aromatic rings. The molecule has 4 rings (SSSR count). The molecule has 2 aromatic heterocycles. The molecule has 0 saturated carbocycles. The number of benzene rings is 1. The fraction of sp³-hybridized carbons (Fsp3) is 0.417. The van der Waals surface area contributed by atoms with Crippen LogP contribution in [0, 0.1) is 18.7 Å². The van der Waals surface area contributed by atoms with Gasteiger partial charge in [0.05, 0.1) is 42.7 Å². The van der Waals surface area contributed by atoms with Gasteiger partial charge in [0.1, 0.15) is 5.82 Å². The first-order valence-corrected chi connectivity index (χ1v) is 11.5. The molecule has 1 fully saturated rings. The summed E-state index contributed by atoms with van der Waals surface area (Å²) >= 11 is 0. The minimum Gasteiger partial charge on any atom is -0.378 e. The minimum atomic E-state index is -0.323. The lowest BCUT2D eigenvalue weighted by Crippen LogP contribution is -2.36. The zero-order valence-corrected chi connectivity index (χ0v) is 19.7. The molecule has 0 bridgehead atoms. The van der Waals surface area contributed by atoms with E-state index in [0.717, 1.165) is 30.9 Å². The van der Waals surface area contributed by atoms with Crippen molar-refractivity contribution in [2.24, 2.45) is 5.92 Å². The largest absolute Gasteiger partial charge is 0.378 e. The highest BCUT2D eigenvalue weighted by Gasteiger charge is 2.15. The van der Waals surface area contributed by atoms with Gasteiger partial charge >= 0.3 is 0 Å². The lowest BCUT2D eigenvalue weighted by atomic mass is 10.1. The number of ether oxygens (including phenoxy) is 1. The summed E-state index contributed by atoms with van der Waals surface area (Å²) < 4.78 is 21.2. The van der Waals surface area contributed by atoms with Crippen LogP contribution in [-0.2, 0) is 4.74 Å². The second-order valence-corrected chi connectivity index (χ2v) is 8.52. The van der Waals surface area contributed by atoms with Crippen LogP contribution in [0.15, 0.2) is 36.7 Å². The van der Waals surface area contributed by atoms with Crippen LogP contribution in [0.3, 0.4) is 0 Å². The van der Waals surface area contributed by atoms with Crippen molar-refractivity contribution in [2.45, 2.75) is 27.2 Å². The number of carbonyl (C=O) groups is 1. The number of pyridine rings is 1. The molecule has 3 heterocycles. The summed E-state index contributed by atoms with van der Waals surface area (Å²) in [5, 5.41) is 14.2. The summed E-state index contributed by atoms with van der Waals surface area (Å²) in [6.45, 7) is 9.28. The number of nitrogens with zero attached hydrogens (tertiary/aromatic N) is 5. The van der Waals surface area contributed by atoms with Crippen LogP contribution in [0.25, 0.3) is 5.69 Å². The van der Waals surface area contributed by atoms with E-state index in [1.165, 1.54) is 16.8 Å². The maximum atomic E-state index is 14.3. The second kappa shape index (κ2) is 10.6. The van der Waals surface area contributed by atoms with Gasteiger partial charge in [0, 0.05) is 31.0 Å². The highest BCUT2D eigenvalue weighted by molar-refractivity contribution is 5.91. The summed E-state index contributed by atoms with van der Waals surface area (Å²) in [7, 11) is 0. The van der Waals surface area contributed by atoms with Gasteiger partial charge in [-0.05, 0) is 37.1 Å². The van der Waals surface area contributed by atoms with E-state index in [1.54, 1.807) is 12.4 Å². The molecule has 0 radical (unpaired) electrons. The molecule has 2 N–H and O–H groups in total. The van der Waals surface area contributed by atoms with E-state index in [2.05, 4.69) is 44.7 Å². The number of carbonyl (C=O) groups excluding carboxylic acids is 1. The average molecular weight is 468 g/mol. The number of morpholine rings is 1. The van der Waals surface area contributed by atoms with Crippen LogP contribution in [0.5, 0.6) is 0 Å². The van der Waals surface area contributed by atoms with Crippen molar-refractivity contribution in [1.29, 1.82) is 0 Å². The summed E-state index contributed by atoms with van der Waals surface area (Å²) in [5.74, 6) is -0.197. The number of aryl methyl sites for hydroxylation is 1. The van der Waals surface area contributed by atoms with Gasteiger partial charge in [-0.1, -0.05) is 25.5 Å². The molecule has 10 heteroatoms. The monoisotopic (exact) mass is 467 g/mol. The molecule has 180 valence electrons. The molecule has 1 aliphatic rings. The third-order valence-electron chi connectivity index (χ3n) is 5.89. The first-order chi connectivity index (χ1) is 16.4. The maximum absolute atomic E-state index is 14.3. The fourth-order valence-electron chi connectivity index (χ4n) is 3.63. The molecule has 9 nitrogen and oxygen atoms in total. The van der Waals surface area contributed by atoms with Crippen molar-refractivity contribution in [3.05, 3.63) is 53.9 Å². The Bertz CT molecular complexity index is 1140. The van der Waals surface area contributed by atoms with E-state index in [0.29, 0.717) is 42.7 Å². The summed E-state index contributed by atoms with van der Waals surface area (Å²) in [6, 6.07) is 6.72. The van der Waals surface area contributed by atoms with E-state index in [1.807, 2.05) is 19.1 Å². The number of halogens is 1. The Labute approximate surface area is 198 Å². The smallest absolute Gasteiger partial charge is 0.273 e. The maximum Gasteiger partial charge on any atom is 0.273 e. The number of nitrogens with one attached hydrogen (secondary N) is 2. The SMILES string of the molecule is CCC(C)CNC(=O)c1cn(-c2cc(Nc3cc(F)cc(N4CCOCC4)c3)cnc2C)nn1. The summed E-state index contributed by atoms with van der Waals surface area (Å²) in [4.78, 5) is 18.9. The normalized spacial score (nSPS) is 14.6. The number of aromatic nitrogens is 4. The van der Waals surface area contributed by atoms with Crippen molar-refractivity contribution in [3.63, 3.8) is 0 Å². The third kappa shape index (κ3) is 5.69. The van der Waals surface area contributed by atoms with Gasteiger partial charge in [0.15, 0.2) is 5.69 Å². The number of hydrogen-bond donors (Lipinski definition) is 2. The first kappa shape index (κ1) is 23.6. The van der Waals surface area contributed by atoms with Gasteiger partial charge in [-0.2, -0.15) is 0 Å². The topological polar surface area (TPSA) is 97.2 Å². The zero-order chi connectivity index (χ0) is 24.1. The highest BCUT2D eigenvalue weighted by Crippen LogP contribution is 2.26. The van der Waals surface area contributed by atoms with Crippen LogP contribution in [0.1, 0.15) is 36.5 Å². The van der Waals surface area contributed by atoms with E-state index in [9.17, 15) is 9.18 Å². The van der Waals surface area contributed by atoms with Crippen LogP contribution >= 0.6 is 0 Å². The molecule has 1 unspecified atom stereocenters. The Hall–Kier alpha value is -3.53. The van der Waals surface area contributed by atoms with Gasteiger partial charge in [0.25, 0.3) is 5.91 Å². The van der Waals surface area contributed by atoms with E-state index < -0.39 is 0 Å². The van der Waals surface area contributed by atoms with Gasteiger partial charge in [-0.15, -0.1) is 5.10 Å². The summed E-state index contributed by atoms with van der Waals surface area (Å²) in [5.41, 5.74) is 3.70. The zero-order valence-electron chi connectivity index (χ0n) is 19.7. The Morgan fingerprint density at radius 2 is 2.00 bits per heavy atom. The quantitative estimate of drug-likeness (QED) is 0.524. The molecule has 1 amide bonds. The minimum absolute atomic E-state index is 0.237. The Balaban J connectivity index is 1.52. The highest BCUT2D eigenvalue weighted by atomic mass is 19.1. The van der Waals surface area contributed by atoms with Gasteiger partial charge in [-0.25, -0.2) is 9.07 Å². The third-order valence-corrected chi connectivity index (χ3v) is 5.89. The molecule has 1 atom stereocenters. The molecule has 1 aromatic carbocycles. The Morgan fingerprint density at radius 1 is 1.21 bits per heavy atom. The summed E-state index contributed by atoms with van der Waals surface area (Å²) in [6.07, 6.45) is 4.24. The predicted octanol–water partition coefficient (Wildman–Crippen LogP) is 3.47.